The van der Waals surface area contributed by atoms with Crippen molar-refractivity contribution in [3.8, 4) is 11.4 Å². The van der Waals surface area contributed by atoms with Crippen LogP contribution >= 0.6 is 0 Å². The number of rotatable bonds is 4. The molecule has 2 N–H and O–H groups in total. The number of benzene rings is 2. The summed E-state index contributed by atoms with van der Waals surface area (Å²) >= 11 is 0. The topological polar surface area (TPSA) is 78.6 Å². The molecule has 0 aliphatic carbocycles. The normalized spacial score (nSPS) is 16.6. The number of hydrogen-bond donors (Lipinski definition) is 2. The van der Waals surface area contributed by atoms with Gasteiger partial charge in [-0.25, -0.2) is 9.78 Å². The van der Waals surface area contributed by atoms with Gasteiger partial charge in [0.15, 0.2) is 0 Å². The molecule has 6 heteroatoms. The zero-order valence-electron chi connectivity index (χ0n) is 15.0. The Bertz CT molecular complexity index is 930. The van der Waals surface area contributed by atoms with Crippen LogP contribution in [0.2, 0.25) is 0 Å². The number of piperidine rings is 1. The monoisotopic (exact) mass is 365 g/mol. The molecule has 2 heterocycles. The number of hydrogen-bond acceptors (Lipinski definition) is 3. The van der Waals surface area contributed by atoms with Gasteiger partial charge in [-0.2, -0.15) is 0 Å². The number of aromatic nitrogens is 2. The first-order valence-electron chi connectivity index (χ1n) is 9.30. The highest BCUT2D eigenvalue weighted by Crippen LogP contribution is 2.35. The molecular formula is C21H23N3O3. The van der Waals surface area contributed by atoms with Crippen LogP contribution in [0, 0.1) is 5.92 Å². The molecule has 27 heavy (non-hydrogen) atoms. The van der Waals surface area contributed by atoms with Gasteiger partial charge >= 0.3 is 6.09 Å². The molecule has 140 valence electrons. The first-order chi connectivity index (χ1) is 13.2. The predicted octanol–water partition coefficient (Wildman–Crippen LogP) is 3.63. The summed E-state index contributed by atoms with van der Waals surface area (Å²) in [5.74, 6) is 1.04. The van der Waals surface area contributed by atoms with Crippen molar-refractivity contribution < 1.29 is 15.0 Å². The van der Waals surface area contributed by atoms with Crippen molar-refractivity contribution in [3.05, 3.63) is 54.6 Å². The Kier molecular flexibility index (Phi) is 4.81. The van der Waals surface area contributed by atoms with Crippen molar-refractivity contribution in [3.63, 3.8) is 0 Å². The number of imidazole rings is 1. The summed E-state index contributed by atoms with van der Waals surface area (Å²) in [6.45, 7) is 1.01. The summed E-state index contributed by atoms with van der Waals surface area (Å²) in [7, 11) is 0. The van der Waals surface area contributed by atoms with Gasteiger partial charge < -0.3 is 19.7 Å². The minimum Gasteiger partial charge on any atom is -0.465 e. The quantitative estimate of drug-likeness (QED) is 0.740. The van der Waals surface area contributed by atoms with E-state index in [1.54, 1.807) is 0 Å². The van der Waals surface area contributed by atoms with Crippen LogP contribution in [-0.4, -0.2) is 50.5 Å². The molecule has 1 fully saturated rings. The smallest absolute Gasteiger partial charge is 0.407 e. The Balaban J connectivity index is 1.76. The van der Waals surface area contributed by atoms with E-state index in [4.69, 9.17) is 4.98 Å². The number of carboxylic acid groups (broad SMARTS) is 1. The highest BCUT2D eigenvalue weighted by molar-refractivity contribution is 5.80. The molecule has 1 unspecified atom stereocenters. The fourth-order valence-electron chi connectivity index (χ4n) is 4.09. The molecule has 4 rings (SSSR count). The SMILES string of the molecule is O=C(O)N1CCC(C(CO)n2c(-c3ccccc3)nc3ccccc32)CC1. The maximum atomic E-state index is 11.2. The van der Waals surface area contributed by atoms with E-state index in [-0.39, 0.29) is 18.6 Å². The van der Waals surface area contributed by atoms with Crippen LogP contribution in [0.4, 0.5) is 4.79 Å². The van der Waals surface area contributed by atoms with Gasteiger partial charge in [-0.05, 0) is 30.9 Å². The number of amides is 1. The fourth-order valence-corrected chi connectivity index (χ4v) is 4.09. The summed E-state index contributed by atoms with van der Waals surface area (Å²) in [5.41, 5.74) is 2.91. The summed E-state index contributed by atoms with van der Waals surface area (Å²) in [4.78, 5) is 17.5. The first-order valence-corrected chi connectivity index (χ1v) is 9.30. The van der Waals surface area contributed by atoms with Crippen LogP contribution < -0.4 is 0 Å². The minimum absolute atomic E-state index is 0.00206. The Hall–Kier alpha value is -2.86. The zero-order chi connectivity index (χ0) is 18.8. The molecule has 6 nitrogen and oxygen atoms in total. The third-order valence-electron chi connectivity index (χ3n) is 5.50. The Morgan fingerprint density at radius 2 is 1.74 bits per heavy atom. The molecule has 2 aromatic carbocycles. The van der Waals surface area contributed by atoms with Gasteiger partial charge in [0, 0.05) is 18.7 Å². The Morgan fingerprint density at radius 3 is 2.41 bits per heavy atom. The van der Waals surface area contributed by atoms with E-state index in [0.29, 0.717) is 13.1 Å². The third kappa shape index (κ3) is 3.28. The minimum atomic E-state index is -0.868. The maximum Gasteiger partial charge on any atom is 0.407 e. The number of carbonyl (C=O) groups is 1. The van der Waals surface area contributed by atoms with Gasteiger partial charge in [-0.1, -0.05) is 42.5 Å². The molecule has 0 bridgehead atoms. The lowest BCUT2D eigenvalue weighted by Crippen LogP contribution is -2.40. The molecule has 1 atom stereocenters. The van der Waals surface area contributed by atoms with Gasteiger partial charge in [-0.3, -0.25) is 0 Å². The Morgan fingerprint density at radius 1 is 1.07 bits per heavy atom. The highest BCUT2D eigenvalue weighted by Gasteiger charge is 2.31. The highest BCUT2D eigenvalue weighted by atomic mass is 16.4. The number of nitrogens with zero attached hydrogens (tertiary/aromatic N) is 3. The van der Waals surface area contributed by atoms with Crippen LogP contribution in [0.3, 0.4) is 0 Å². The van der Waals surface area contributed by atoms with Crippen LogP contribution in [0.25, 0.3) is 22.4 Å². The molecule has 1 aliphatic rings. The second-order valence-corrected chi connectivity index (χ2v) is 7.02. The summed E-state index contributed by atoms with van der Waals surface area (Å²) in [6.07, 6.45) is 0.600. The van der Waals surface area contributed by atoms with Gasteiger partial charge in [0.2, 0.25) is 0 Å². The van der Waals surface area contributed by atoms with Gasteiger partial charge in [0.25, 0.3) is 0 Å². The van der Waals surface area contributed by atoms with E-state index in [1.165, 1.54) is 4.90 Å². The predicted molar refractivity (Wildman–Crippen MR) is 104 cm³/mol. The lowest BCUT2D eigenvalue weighted by atomic mass is 9.89. The molecule has 1 saturated heterocycles. The van der Waals surface area contributed by atoms with Crippen molar-refractivity contribution >= 4 is 17.1 Å². The van der Waals surface area contributed by atoms with E-state index in [2.05, 4.69) is 4.57 Å². The third-order valence-corrected chi connectivity index (χ3v) is 5.50. The average Bonchev–Trinajstić information content (AvgIpc) is 3.09. The van der Waals surface area contributed by atoms with Crippen LogP contribution in [0.1, 0.15) is 18.9 Å². The fraction of sp³-hybridized carbons (Fsp3) is 0.333. The second-order valence-electron chi connectivity index (χ2n) is 7.02. The maximum absolute atomic E-state index is 11.2. The van der Waals surface area contributed by atoms with Crippen molar-refractivity contribution in [2.75, 3.05) is 19.7 Å². The van der Waals surface area contributed by atoms with Gasteiger partial charge in [0.1, 0.15) is 5.82 Å². The lowest BCUT2D eigenvalue weighted by Gasteiger charge is -2.35. The van der Waals surface area contributed by atoms with Gasteiger partial charge in [0.05, 0.1) is 23.7 Å². The number of aliphatic hydroxyl groups is 1. The van der Waals surface area contributed by atoms with E-state index in [9.17, 15) is 15.0 Å². The standard InChI is InChI=1S/C21H23N3O3/c25-14-19(15-10-12-23(13-11-15)21(26)27)24-18-9-5-4-8-17(18)22-20(24)16-6-2-1-3-7-16/h1-9,15,19,25H,10-14H2,(H,26,27). The second kappa shape index (κ2) is 7.40. The summed E-state index contributed by atoms with van der Waals surface area (Å²) < 4.78 is 2.14. The summed E-state index contributed by atoms with van der Waals surface area (Å²) in [5, 5.41) is 19.5. The molecular weight excluding hydrogens is 342 g/mol. The van der Waals surface area contributed by atoms with Crippen molar-refractivity contribution in [1.29, 1.82) is 0 Å². The Labute approximate surface area is 157 Å². The molecule has 0 spiro atoms. The van der Waals surface area contributed by atoms with E-state index >= 15 is 0 Å². The van der Waals surface area contributed by atoms with E-state index in [0.717, 1.165) is 35.3 Å². The molecule has 1 amide bonds. The largest absolute Gasteiger partial charge is 0.465 e. The molecule has 0 saturated carbocycles. The number of para-hydroxylation sites is 2. The van der Waals surface area contributed by atoms with Crippen LogP contribution in [-0.2, 0) is 0 Å². The van der Waals surface area contributed by atoms with Crippen molar-refractivity contribution in [2.45, 2.75) is 18.9 Å². The lowest BCUT2D eigenvalue weighted by molar-refractivity contribution is 0.0988. The average molecular weight is 365 g/mol. The molecule has 0 radical (unpaired) electrons. The number of likely N-dealkylation sites (tertiary alicyclic amines) is 1. The molecule has 1 aliphatic heterocycles. The van der Waals surface area contributed by atoms with Crippen LogP contribution in [0.15, 0.2) is 54.6 Å². The number of aliphatic hydroxyl groups excluding tert-OH is 1. The van der Waals surface area contributed by atoms with E-state index < -0.39 is 6.09 Å². The van der Waals surface area contributed by atoms with Crippen molar-refractivity contribution in [2.24, 2.45) is 5.92 Å². The molecule has 3 aromatic rings. The zero-order valence-corrected chi connectivity index (χ0v) is 15.0. The van der Waals surface area contributed by atoms with Crippen molar-refractivity contribution in [1.82, 2.24) is 14.5 Å². The molecule has 1 aromatic heterocycles. The van der Waals surface area contributed by atoms with E-state index in [1.807, 2.05) is 54.6 Å². The van der Waals surface area contributed by atoms with Crippen LogP contribution in [0.5, 0.6) is 0 Å². The van der Waals surface area contributed by atoms with Gasteiger partial charge in [-0.15, -0.1) is 0 Å². The first kappa shape index (κ1) is 17.5. The number of fused-ring (bicyclic) bond motifs is 1. The summed E-state index contributed by atoms with van der Waals surface area (Å²) in [6, 6.07) is 17.8.